The zero-order valence-corrected chi connectivity index (χ0v) is 12.2. The predicted octanol–water partition coefficient (Wildman–Crippen LogP) is 0.768. The quantitative estimate of drug-likeness (QED) is 0.609. The molecule has 0 bridgehead atoms. The molecule has 0 aliphatic carbocycles. The number of likely N-dealkylation sites (N-methyl/N-ethyl adjacent to an activating group) is 1. The second kappa shape index (κ2) is 5.90. The van der Waals surface area contributed by atoms with E-state index in [0.717, 1.165) is 0 Å². The highest BCUT2D eigenvalue weighted by molar-refractivity contribution is 5.87. The molecule has 2 N–H and O–H groups in total. The molecule has 1 saturated heterocycles. The summed E-state index contributed by atoms with van der Waals surface area (Å²) in [5, 5.41) is 17.0. The lowest BCUT2D eigenvalue weighted by atomic mass is 10.2. The summed E-state index contributed by atoms with van der Waals surface area (Å²) in [5.41, 5.74) is 0.0613. The van der Waals surface area contributed by atoms with E-state index in [1.807, 2.05) is 6.92 Å². The van der Waals surface area contributed by atoms with Crippen LogP contribution in [0.3, 0.4) is 0 Å². The van der Waals surface area contributed by atoms with Crippen molar-refractivity contribution in [1.29, 1.82) is 0 Å². The summed E-state index contributed by atoms with van der Waals surface area (Å²) in [6, 6.07) is -0.488. The van der Waals surface area contributed by atoms with Gasteiger partial charge in [0.1, 0.15) is 11.7 Å². The fourth-order valence-corrected chi connectivity index (χ4v) is 2.24. The molecule has 2 rings (SSSR count). The Labute approximate surface area is 121 Å². The van der Waals surface area contributed by atoms with E-state index < -0.39 is 11.0 Å². The largest absolute Gasteiger partial charge is 0.354 e. The summed E-state index contributed by atoms with van der Waals surface area (Å²) in [6.45, 7) is 4.65. The van der Waals surface area contributed by atoms with Gasteiger partial charge < -0.3 is 15.5 Å². The van der Waals surface area contributed by atoms with Gasteiger partial charge in [-0.1, -0.05) is 0 Å². The lowest BCUT2D eigenvalue weighted by Gasteiger charge is -2.14. The van der Waals surface area contributed by atoms with Crippen molar-refractivity contribution in [3.8, 4) is 0 Å². The zero-order valence-electron chi connectivity index (χ0n) is 12.2. The summed E-state index contributed by atoms with van der Waals surface area (Å²) in [6.07, 6.45) is 0.589. The number of hydrogen-bond donors (Lipinski definition) is 2. The van der Waals surface area contributed by atoms with Gasteiger partial charge in [0.05, 0.1) is 4.92 Å². The average molecular weight is 294 g/mol. The first-order valence-electron chi connectivity index (χ1n) is 6.72. The number of nitro groups is 1. The fraction of sp³-hybridized carbons (Fsp3) is 0.583. The molecule has 0 radical (unpaired) electrons. The van der Waals surface area contributed by atoms with Crippen molar-refractivity contribution < 1.29 is 9.72 Å². The van der Waals surface area contributed by atoms with Crippen LogP contribution < -0.4 is 10.6 Å². The van der Waals surface area contributed by atoms with Crippen LogP contribution in [0, 0.1) is 17.0 Å². The molecule has 1 unspecified atom stereocenters. The van der Waals surface area contributed by atoms with E-state index in [1.54, 1.807) is 18.9 Å². The van der Waals surface area contributed by atoms with Crippen molar-refractivity contribution in [3.63, 3.8) is 0 Å². The Balaban J connectivity index is 2.35. The maximum atomic E-state index is 11.9. The number of aromatic nitrogens is 2. The number of rotatable bonds is 5. The smallest absolute Gasteiger partial charge is 0.332 e. The van der Waals surface area contributed by atoms with Crippen LogP contribution in [0.25, 0.3) is 0 Å². The van der Waals surface area contributed by atoms with Crippen LogP contribution >= 0.6 is 0 Å². The maximum absolute atomic E-state index is 11.9. The summed E-state index contributed by atoms with van der Waals surface area (Å²) in [5.74, 6) is 0.296. The molecule has 0 spiro atoms. The fourth-order valence-electron chi connectivity index (χ4n) is 2.24. The van der Waals surface area contributed by atoms with E-state index in [2.05, 4.69) is 20.6 Å². The molecule has 1 aliphatic rings. The van der Waals surface area contributed by atoms with E-state index in [1.165, 1.54) is 0 Å². The maximum Gasteiger partial charge on any atom is 0.332 e. The van der Waals surface area contributed by atoms with Crippen LogP contribution in [0.15, 0.2) is 0 Å². The molecule has 1 amide bonds. The second-order valence-electron chi connectivity index (χ2n) is 4.86. The van der Waals surface area contributed by atoms with Gasteiger partial charge in [-0.05, 0) is 20.3 Å². The molecule has 1 atom stereocenters. The topological polar surface area (TPSA) is 113 Å². The summed E-state index contributed by atoms with van der Waals surface area (Å²) in [4.78, 5) is 32.4. The average Bonchev–Trinajstić information content (AvgIpc) is 2.70. The third-order valence-corrected chi connectivity index (χ3v) is 3.31. The molecule has 1 aromatic rings. The van der Waals surface area contributed by atoms with Crippen LogP contribution in [-0.4, -0.2) is 51.9 Å². The van der Waals surface area contributed by atoms with Crippen LogP contribution in [0.4, 0.5) is 17.5 Å². The van der Waals surface area contributed by atoms with Gasteiger partial charge in [0.25, 0.3) is 0 Å². The first-order valence-corrected chi connectivity index (χ1v) is 6.72. The molecular formula is C12H18N6O3. The number of aryl methyl sites for hydroxylation is 1. The first-order chi connectivity index (χ1) is 9.93. The Kier molecular flexibility index (Phi) is 4.20. The Hall–Kier alpha value is -2.45. The number of amides is 1. The van der Waals surface area contributed by atoms with Gasteiger partial charge in [0.2, 0.25) is 17.7 Å². The van der Waals surface area contributed by atoms with Crippen molar-refractivity contribution in [1.82, 2.24) is 14.9 Å². The normalized spacial score (nSPS) is 18.0. The minimum atomic E-state index is -0.531. The highest BCUT2D eigenvalue weighted by atomic mass is 16.6. The first kappa shape index (κ1) is 14.9. The minimum absolute atomic E-state index is 0.0806. The Morgan fingerprint density at radius 1 is 1.48 bits per heavy atom. The van der Waals surface area contributed by atoms with Crippen LogP contribution in [0.1, 0.15) is 19.0 Å². The lowest BCUT2D eigenvalue weighted by molar-refractivity contribution is -0.385. The molecular weight excluding hydrogens is 276 g/mol. The van der Waals surface area contributed by atoms with Crippen LogP contribution in [0.5, 0.6) is 0 Å². The van der Waals surface area contributed by atoms with E-state index in [9.17, 15) is 14.9 Å². The third kappa shape index (κ3) is 3.01. The number of carbonyl (C=O) groups is 1. The molecule has 1 aliphatic heterocycles. The summed E-state index contributed by atoms with van der Waals surface area (Å²) < 4.78 is 0. The molecule has 2 heterocycles. The van der Waals surface area contributed by atoms with Crippen molar-refractivity contribution in [2.45, 2.75) is 26.3 Å². The third-order valence-electron chi connectivity index (χ3n) is 3.31. The highest BCUT2D eigenvalue weighted by Gasteiger charge is 2.32. The van der Waals surface area contributed by atoms with E-state index in [0.29, 0.717) is 25.5 Å². The molecule has 1 fully saturated rings. The predicted molar refractivity (Wildman–Crippen MR) is 77.3 cm³/mol. The standard InChI is InChI=1S/C12H18N6O3/c1-4-13-12-14-7(2)9(18(20)21)10(16-12)15-8-5-6-17(3)11(8)19/h8H,4-6H2,1-3H3,(H2,13,14,15,16). The number of nitrogens with one attached hydrogen (secondary N) is 2. The van der Waals surface area contributed by atoms with E-state index in [-0.39, 0.29) is 23.1 Å². The van der Waals surface area contributed by atoms with Crippen molar-refractivity contribution in [2.24, 2.45) is 0 Å². The van der Waals surface area contributed by atoms with Gasteiger partial charge in [0.15, 0.2) is 0 Å². The summed E-state index contributed by atoms with van der Waals surface area (Å²) >= 11 is 0. The molecule has 0 saturated carbocycles. The molecule has 9 heteroatoms. The molecule has 9 nitrogen and oxygen atoms in total. The number of likely N-dealkylation sites (tertiary alicyclic amines) is 1. The van der Waals surface area contributed by atoms with Gasteiger partial charge in [-0.2, -0.15) is 4.98 Å². The number of carbonyl (C=O) groups excluding carboxylic acids is 1. The highest BCUT2D eigenvalue weighted by Crippen LogP contribution is 2.28. The molecule has 114 valence electrons. The summed E-state index contributed by atoms with van der Waals surface area (Å²) in [7, 11) is 1.70. The van der Waals surface area contributed by atoms with Crippen LogP contribution in [0.2, 0.25) is 0 Å². The molecule has 1 aromatic heterocycles. The lowest BCUT2D eigenvalue weighted by Crippen LogP contribution is -2.31. The SMILES string of the molecule is CCNc1nc(C)c([N+](=O)[O-])c(NC2CCN(C)C2=O)n1. The van der Waals surface area contributed by atoms with Crippen molar-refractivity contribution in [3.05, 3.63) is 15.8 Å². The van der Waals surface area contributed by atoms with Crippen LogP contribution in [-0.2, 0) is 4.79 Å². The van der Waals surface area contributed by atoms with Gasteiger partial charge in [-0.15, -0.1) is 0 Å². The Morgan fingerprint density at radius 3 is 2.71 bits per heavy atom. The van der Waals surface area contributed by atoms with E-state index >= 15 is 0 Å². The van der Waals surface area contributed by atoms with Gasteiger partial charge >= 0.3 is 5.69 Å². The number of hydrogen-bond acceptors (Lipinski definition) is 7. The minimum Gasteiger partial charge on any atom is -0.354 e. The Morgan fingerprint density at radius 2 is 2.19 bits per heavy atom. The zero-order chi connectivity index (χ0) is 15.6. The second-order valence-corrected chi connectivity index (χ2v) is 4.86. The van der Waals surface area contributed by atoms with Gasteiger partial charge in [-0.25, -0.2) is 4.98 Å². The van der Waals surface area contributed by atoms with E-state index in [4.69, 9.17) is 0 Å². The van der Waals surface area contributed by atoms with Gasteiger partial charge in [0, 0.05) is 20.1 Å². The number of anilines is 2. The molecule has 21 heavy (non-hydrogen) atoms. The molecule has 0 aromatic carbocycles. The Bertz CT molecular complexity index is 576. The van der Waals surface area contributed by atoms with Gasteiger partial charge in [-0.3, -0.25) is 14.9 Å². The number of nitrogens with zero attached hydrogens (tertiary/aromatic N) is 4. The van der Waals surface area contributed by atoms with Crippen molar-refractivity contribution >= 4 is 23.4 Å². The monoisotopic (exact) mass is 294 g/mol. The van der Waals surface area contributed by atoms with Crippen molar-refractivity contribution in [2.75, 3.05) is 30.8 Å².